The molecule has 2 aromatic carbocycles. The van der Waals surface area contributed by atoms with Gasteiger partial charge in [-0.3, -0.25) is 4.79 Å². The van der Waals surface area contributed by atoms with E-state index >= 15 is 0 Å². The van der Waals surface area contributed by atoms with Crippen molar-refractivity contribution in [3.63, 3.8) is 0 Å². The second kappa shape index (κ2) is 6.65. The van der Waals surface area contributed by atoms with Crippen LogP contribution in [0.4, 0.5) is 5.69 Å². The van der Waals surface area contributed by atoms with E-state index in [4.69, 9.17) is 16.3 Å². The topological polar surface area (TPSA) is 63.1 Å². The number of rotatable bonds is 2. The zero-order valence-electron chi connectivity index (χ0n) is 15.4. The second-order valence-corrected chi connectivity index (χ2v) is 7.33. The SMILES string of the molecule is Cn1c(=O)c(-c2nc3ccc(N4CCOCC4)cc3[nH]2)c(Cl)c2ccccc21. The molecule has 0 amide bonds. The fourth-order valence-electron chi connectivity index (χ4n) is 3.80. The van der Waals surface area contributed by atoms with E-state index in [1.54, 1.807) is 11.6 Å². The maximum absolute atomic E-state index is 13.0. The maximum Gasteiger partial charge on any atom is 0.263 e. The van der Waals surface area contributed by atoms with Crippen LogP contribution in [0.1, 0.15) is 0 Å². The number of anilines is 1. The summed E-state index contributed by atoms with van der Waals surface area (Å²) in [5, 5.41) is 1.25. The van der Waals surface area contributed by atoms with Gasteiger partial charge in [0.25, 0.3) is 5.56 Å². The van der Waals surface area contributed by atoms with Gasteiger partial charge in [0.05, 0.1) is 34.8 Å². The molecule has 1 aliphatic heterocycles. The number of nitrogens with one attached hydrogen (secondary N) is 1. The number of imidazole rings is 1. The number of ether oxygens (including phenoxy) is 1. The van der Waals surface area contributed by atoms with E-state index in [9.17, 15) is 4.79 Å². The molecule has 28 heavy (non-hydrogen) atoms. The van der Waals surface area contributed by atoms with E-state index in [1.165, 1.54) is 0 Å². The maximum atomic E-state index is 13.0. The number of benzene rings is 2. The van der Waals surface area contributed by atoms with Gasteiger partial charge in [0, 0.05) is 31.2 Å². The summed E-state index contributed by atoms with van der Waals surface area (Å²) in [7, 11) is 1.75. The first-order valence-corrected chi connectivity index (χ1v) is 9.61. The summed E-state index contributed by atoms with van der Waals surface area (Å²) >= 11 is 6.64. The number of para-hydroxylation sites is 1. The van der Waals surface area contributed by atoms with Crippen molar-refractivity contribution in [3.8, 4) is 11.4 Å². The molecule has 7 heteroatoms. The third-order valence-corrected chi connectivity index (χ3v) is 5.71. The van der Waals surface area contributed by atoms with Crippen molar-refractivity contribution in [1.29, 1.82) is 0 Å². The average molecular weight is 395 g/mol. The number of pyridine rings is 1. The van der Waals surface area contributed by atoms with Crippen LogP contribution in [0, 0.1) is 0 Å². The highest BCUT2D eigenvalue weighted by Gasteiger charge is 2.19. The number of aromatic nitrogens is 3. The number of halogens is 1. The Hall–Kier alpha value is -2.83. The molecule has 1 saturated heterocycles. The lowest BCUT2D eigenvalue weighted by molar-refractivity contribution is 0.122. The summed E-state index contributed by atoms with van der Waals surface area (Å²) in [4.78, 5) is 23.2. The van der Waals surface area contributed by atoms with E-state index in [0.717, 1.165) is 53.9 Å². The lowest BCUT2D eigenvalue weighted by Crippen LogP contribution is -2.36. The highest BCUT2D eigenvalue weighted by atomic mass is 35.5. The van der Waals surface area contributed by atoms with E-state index in [1.807, 2.05) is 30.3 Å². The molecule has 142 valence electrons. The lowest BCUT2D eigenvalue weighted by Gasteiger charge is -2.28. The zero-order chi connectivity index (χ0) is 19.3. The van der Waals surface area contributed by atoms with E-state index in [-0.39, 0.29) is 5.56 Å². The Kier molecular flexibility index (Phi) is 4.10. The predicted molar refractivity (Wildman–Crippen MR) is 112 cm³/mol. The van der Waals surface area contributed by atoms with Crippen LogP contribution in [-0.4, -0.2) is 40.8 Å². The van der Waals surface area contributed by atoms with Crippen LogP contribution in [0.15, 0.2) is 47.3 Å². The normalized spacial score (nSPS) is 14.9. The predicted octanol–water partition coefficient (Wildman–Crippen LogP) is 3.57. The van der Waals surface area contributed by atoms with E-state index < -0.39 is 0 Å². The van der Waals surface area contributed by atoms with Gasteiger partial charge in [0.1, 0.15) is 11.4 Å². The van der Waals surface area contributed by atoms with Gasteiger partial charge >= 0.3 is 0 Å². The lowest BCUT2D eigenvalue weighted by atomic mass is 10.1. The molecule has 0 spiro atoms. The van der Waals surface area contributed by atoms with Crippen molar-refractivity contribution < 1.29 is 4.74 Å². The molecule has 0 bridgehead atoms. The monoisotopic (exact) mass is 394 g/mol. The molecule has 0 saturated carbocycles. The molecule has 6 nitrogen and oxygen atoms in total. The van der Waals surface area contributed by atoms with Crippen LogP contribution >= 0.6 is 11.6 Å². The number of H-pyrrole nitrogens is 1. The van der Waals surface area contributed by atoms with Gasteiger partial charge in [-0.1, -0.05) is 29.8 Å². The van der Waals surface area contributed by atoms with Gasteiger partial charge in [0.2, 0.25) is 0 Å². The molecule has 4 aromatic rings. The smallest absolute Gasteiger partial charge is 0.263 e. The fourth-order valence-corrected chi connectivity index (χ4v) is 4.13. The number of aromatic amines is 1. The number of nitrogens with zero attached hydrogens (tertiary/aromatic N) is 3. The summed E-state index contributed by atoms with van der Waals surface area (Å²) in [5.74, 6) is 0.491. The van der Waals surface area contributed by atoms with Crippen molar-refractivity contribution in [2.24, 2.45) is 7.05 Å². The zero-order valence-corrected chi connectivity index (χ0v) is 16.2. The third-order valence-electron chi connectivity index (χ3n) is 5.32. The Labute approximate surface area is 166 Å². The fraction of sp³-hybridized carbons (Fsp3) is 0.238. The summed E-state index contributed by atoms with van der Waals surface area (Å²) in [6.07, 6.45) is 0. The molecule has 0 radical (unpaired) electrons. The van der Waals surface area contributed by atoms with Gasteiger partial charge in [-0.05, 0) is 24.3 Å². The highest BCUT2D eigenvalue weighted by Crippen LogP contribution is 2.31. The number of hydrogen-bond acceptors (Lipinski definition) is 4. The van der Waals surface area contributed by atoms with Gasteiger partial charge in [-0.15, -0.1) is 0 Å². The van der Waals surface area contributed by atoms with Crippen molar-refractivity contribution in [2.75, 3.05) is 31.2 Å². The molecule has 1 aliphatic rings. The molecule has 0 unspecified atom stereocenters. The van der Waals surface area contributed by atoms with Crippen LogP contribution < -0.4 is 10.5 Å². The minimum atomic E-state index is -0.170. The number of hydrogen-bond donors (Lipinski definition) is 1. The Balaban J connectivity index is 1.66. The van der Waals surface area contributed by atoms with Gasteiger partial charge in [-0.2, -0.15) is 0 Å². The molecule has 2 aromatic heterocycles. The molecular weight excluding hydrogens is 376 g/mol. The van der Waals surface area contributed by atoms with E-state index in [2.05, 4.69) is 27.0 Å². The van der Waals surface area contributed by atoms with Crippen LogP contribution in [0.3, 0.4) is 0 Å². The summed E-state index contributed by atoms with van der Waals surface area (Å²) in [6.45, 7) is 3.19. The summed E-state index contributed by atoms with van der Waals surface area (Å²) < 4.78 is 7.04. The standard InChI is InChI=1S/C21H19ClN4O2/c1-25-17-5-3-2-4-14(17)19(22)18(21(25)27)20-23-15-7-6-13(12-16(15)24-20)26-8-10-28-11-9-26/h2-7,12H,8-11H2,1H3,(H,23,24). The molecular formula is C21H19ClN4O2. The Morgan fingerprint density at radius 1 is 1.14 bits per heavy atom. The first-order valence-electron chi connectivity index (χ1n) is 9.23. The number of aryl methyl sites for hydroxylation is 1. The van der Waals surface area contributed by atoms with Crippen LogP contribution in [0.2, 0.25) is 5.02 Å². The number of morpholine rings is 1. The van der Waals surface area contributed by atoms with Crippen LogP contribution in [0.5, 0.6) is 0 Å². The summed E-state index contributed by atoms with van der Waals surface area (Å²) in [6, 6.07) is 13.7. The minimum Gasteiger partial charge on any atom is -0.378 e. The van der Waals surface area contributed by atoms with Gasteiger partial charge < -0.3 is 19.2 Å². The van der Waals surface area contributed by atoms with Crippen molar-refractivity contribution in [2.45, 2.75) is 0 Å². The van der Waals surface area contributed by atoms with Crippen LogP contribution in [0.25, 0.3) is 33.3 Å². The van der Waals surface area contributed by atoms with Crippen molar-refractivity contribution in [3.05, 3.63) is 57.8 Å². The van der Waals surface area contributed by atoms with Gasteiger partial charge in [-0.25, -0.2) is 4.98 Å². The molecule has 1 N–H and O–H groups in total. The second-order valence-electron chi connectivity index (χ2n) is 6.96. The minimum absolute atomic E-state index is 0.170. The molecule has 0 atom stereocenters. The number of fused-ring (bicyclic) bond motifs is 2. The largest absolute Gasteiger partial charge is 0.378 e. The average Bonchev–Trinajstić information content (AvgIpc) is 3.15. The Morgan fingerprint density at radius 2 is 1.93 bits per heavy atom. The Morgan fingerprint density at radius 3 is 2.75 bits per heavy atom. The van der Waals surface area contributed by atoms with Gasteiger partial charge in [0.15, 0.2) is 0 Å². The van der Waals surface area contributed by atoms with Crippen molar-refractivity contribution >= 4 is 39.2 Å². The molecule has 5 rings (SSSR count). The highest BCUT2D eigenvalue weighted by molar-refractivity contribution is 6.38. The quantitative estimate of drug-likeness (QED) is 0.564. The Bertz CT molecular complexity index is 1250. The third kappa shape index (κ3) is 2.68. The molecule has 3 heterocycles. The molecule has 0 aliphatic carbocycles. The van der Waals surface area contributed by atoms with Crippen molar-refractivity contribution in [1.82, 2.24) is 14.5 Å². The first kappa shape index (κ1) is 17.3. The van der Waals surface area contributed by atoms with E-state index in [0.29, 0.717) is 16.4 Å². The first-order chi connectivity index (χ1) is 13.6. The van der Waals surface area contributed by atoms with Crippen LogP contribution in [-0.2, 0) is 11.8 Å². The summed E-state index contributed by atoms with van der Waals surface area (Å²) in [5.41, 5.74) is 3.82. The molecule has 1 fully saturated rings.